The topological polar surface area (TPSA) is 134 Å². The van der Waals surface area contributed by atoms with Gasteiger partial charge in [0.25, 0.3) is 0 Å². The first-order chi connectivity index (χ1) is 27.8. The Morgan fingerprint density at radius 2 is 0.930 bits per heavy atom. The first-order valence-electron chi connectivity index (χ1n) is 21.7. The normalized spacial score (nSPS) is 14.2. The van der Waals surface area contributed by atoms with Crippen LogP contribution < -0.4 is 5.73 Å². The molecule has 10 heteroatoms. The van der Waals surface area contributed by atoms with E-state index in [1.54, 1.807) is 0 Å². The van der Waals surface area contributed by atoms with E-state index in [1.165, 1.54) is 44.9 Å². The van der Waals surface area contributed by atoms with Crippen molar-refractivity contribution in [3.8, 4) is 0 Å². The Balaban J connectivity index is 4.34. The molecule has 3 N–H and O–H groups in total. The van der Waals surface area contributed by atoms with E-state index in [2.05, 4.69) is 105 Å². The minimum atomic E-state index is -4.41. The summed E-state index contributed by atoms with van der Waals surface area (Å²) in [5.41, 5.74) is 5.34. The molecule has 0 aromatic heterocycles. The molecular formula is C47H78NO8P. The lowest BCUT2D eigenvalue weighted by Gasteiger charge is -2.19. The van der Waals surface area contributed by atoms with Crippen molar-refractivity contribution in [2.45, 2.75) is 161 Å². The number of nitrogens with two attached hydrogens (primary N) is 1. The summed E-state index contributed by atoms with van der Waals surface area (Å²) < 4.78 is 32.7. The molecule has 0 amide bonds. The summed E-state index contributed by atoms with van der Waals surface area (Å²) in [5.74, 6) is -0.941. The molecule has 9 nitrogen and oxygen atoms in total. The van der Waals surface area contributed by atoms with Crippen LogP contribution in [-0.2, 0) is 32.7 Å². The highest BCUT2D eigenvalue weighted by molar-refractivity contribution is 7.47. The molecule has 0 spiro atoms. The summed E-state index contributed by atoms with van der Waals surface area (Å²) in [7, 11) is -4.41. The highest BCUT2D eigenvalue weighted by Crippen LogP contribution is 2.43. The largest absolute Gasteiger partial charge is 0.472 e. The maximum Gasteiger partial charge on any atom is 0.472 e. The number of esters is 2. The predicted octanol–water partition coefficient (Wildman–Crippen LogP) is 12.6. The van der Waals surface area contributed by atoms with Gasteiger partial charge in [-0.1, -0.05) is 143 Å². The Labute approximate surface area is 346 Å². The van der Waals surface area contributed by atoms with E-state index in [-0.39, 0.29) is 32.6 Å². The van der Waals surface area contributed by atoms with Gasteiger partial charge in [0, 0.05) is 19.4 Å². The van der Waals surface area contributed by atoms with Crippen LogP contribution in [0.4, 0.5) is 0 Å². The number of allylic oxidation sites excluding steroid dienone is 16. The van der Waals surface area contributed by atoms with Crippen LogP contribution in [0.25, 0.3) is 0 Å². The molecule has 0 aliphatic heterocycles. The molecule has 0 aliphatic carbocycles. The van der Waals surface area contributed by atoms with E-state index in [1.807, 2.05) is 6.08 Å². The van der Waals surface area contributed by atoms with E-state index >= 15 is 0 Å². The Kier molecular flexibility index (Phi) is 40.2. The second-order valence-corrected chi connectivity index (χ2v) is 15.3. The zero-order valence-corrected chi connectivity index (χ0v) is 36.4. The molecule has 0 aliphatic rings. The molecule has 0 heterocycles. The van der Waals surface area contributed by atoms with Crippen molar-refractivity contribution >= 4 is 19.8 Å². The molecule has 57 heavy (non-hydrogen) atoms. The van der Waals surface area contributed by atoms with Gasteiger partial charge in [0.05, 0.1) is 13.2 Å². The van der Waals surface area contributed by atoms with Crippen molar-refractivity contribution in [1.29, 1.82) is 0 Å². The van der Waals surface area contributed by atoms with Crippen molar-refractivity contribution < 1.29 is 37.6 Å². The fourth-order valence-electron chi connectivity index (χ4n) is 5.20. The molecule has 0 aromatic rings. The Hall–Kier alpha value is -3.07. The van der Waals surface area contributed by atoms with E-state index in [0.29, 0.717) is 19.3 Å². The standard InChI is InChI=1S/C47H78NO8P/c1-3-5-7-9-11-13-15-17-19-21-22-24-25-27-29-31-33-35-37-39-46(49)53-43-45(44-55-57(51,52)54-42-41-48)56-47(50)40-38-36-34-32-30-28-26-23-20-18-16-14-12-10-8-6-4-2/h11-14,17-20,22,24,26-29,32,34,45H,3-10,15-16,21,23,25,30-31,33,35-44,48H2,1-2H3,(H,51,52)/t45-/m1/s1. The third-order valence-electron chi connectivity index (χ3n) is 8.44. The van der Waals surface area contributed by atoms with E-state index in [9.17, 15) is 19.0 Å². The van der Waals surface area contributed by atoms with Crippen LogP contribution in [-0.4, -0.2) is 49.3 Å². The number of hydrogen-bond acceptors (Lipinski definition) is 8. The second kappa shape index (κ2) is 42.5. The molecule has 0 aromatic carbocycles. The molecule has 324 valence electrons. The van der Waals surface area contributed by atoms with Crippen molar-refractivity contribution in [3.05, 3.63) is 97.2 Å². The molecule has 0 saturated carbocycles. The summed E-state index contributed by atoms with van der Waals surface area (Å²) in [4.78, 5) is 34.8. The number of rotatable bonds is 39. The SMILES string of the molecule is CCCCCC=CCC=CCC=CCC=CCCCCCC(=O)OC[C@H](COP(=O)(O)OCCN)OC(=O)CCCC=CCC=CCC=CCC=CCCCCC. The van der Waals surface area contributed by atoms with Crippen molar-refractivity contribution in [2.75, 3.05) is 26.4 Å². The second-order valence-electron chi connectivity index (χ2n) is 13.8. The third kappa shape index (κ3) is 42.4. The van der Waals surface area contributed by atoms with Gasteiger partial charge in [-0.15, -0.1) is 0 Å². The number of phosphoric acid groups is 1. The fraction of sp³-hybridized carbons (Fsp3) is 0.617. The van der Waals surface area contributed by atoms with Gasteiger partial charge in [-0.2, -0.15) is 0 Å². The summed E-state index contributed by atoms with van der Waals surface area (Å²) in [6.45, 7) is 3.55. The Morgan fingerprint density at radius 1 is 0.526 bits per heavy atom. The van der Waals surface area contributed by atoms with Gasteiger partial charge in [-0.3, -0.25) is 18.6 Å². The van der Waals surface area contributed by atoms with Crippen LogP contribution in [0.5, 0.6) is 0 Å². The smallest absolute Gasteiger partial charge is 0.462 e. The molecule has 2 atom stereocenters. The van der Waals surface area contributed by atoms with E-state index < -0.39 is 32.5 Å². The first kappa shape index (κ1) is 53.9. The van der Waals surface area contributed by atoms with Crippen LogP contribution in [0.15, 0.2) is 97.2 Å². The minimum absolute atomic E-state index is 0.0347. The third-order valence-corrected chi connectivity index (χ3v) is 9.43. The fourth-order valence-corrected chi connectivity index (χ4v) is 5.96. The van der Waals surface area contributed by atoms with Gasteiger partial charge in [0.15, 0.2) is 6.10 Å². The van der Waals surface area contributed by atoms with Gasteiger partial charge < -0.3 is 20.1 Å². The average Bonchev–Trinajstić information content (AvgIpc) is 3.20. The van der Waals surface area contributed by atoms with Crippen LogP contribution >= 0.6 is 7.82 Å². The lowest BCUT2D eigenvalue weighted by atomic mass is 10.1. The Morgan fingerprint density at radius 3 is 1.37 bits per heavy atom. The van der Waals surface area contributed by atoms with Gasteiger partial charge in [0.2, 0.25) is 0 Å². The highest BCUT2D eigenvalue weighted by Gasteiger charge is 2.25. The molecule has 0 saturated heterocycles. The summed E-state index contributed by atoms with van der Waals surface area (Å²) in [6.07, 6.45) is 54.4. The number of hydrogen-bond donors (Lipinski definition) is 2. The van der Waals surface area contributed by atoms with Gasteiger partial charge >= 0.3 is 19.8 Å². The van der Waals surface area contributed by atoms with Crippen LogP contribution in [0.2, 0.25) is 0 Å². The molecule has 0 radical (unpaired) electrons. The quantitative estimate of drug-likeness (QED) is 0.0269. The zero-order valence-electron chi connectivity index (χ0n) is 35.5. The lowest BCUT2D eigenvalue weighted by Crippen LogP contribution is -2.29. The number of ether oxygens (including phenoxy) is 2. The van der Waals surface area contributed by atoms with Crippen molar-refractivity contribution in [2.24, 2.45) is 5.73 Å². The summed E-state index contributed by atoms with van der Waals surface area (Å²) in [5, 5.41) is 0. The molecule has 0 fully saturated rings. The van der Waals surface area contributed by atoms with Crippen LogP contribution in [0.3, 0.4) is 0 Å². The summed E-state index contributed by atoms with van der Waals surface area (Å²) >= 11 is 0. The number of carbonyl (C=O) groups excluding carboxylic acids is 2. The minimum Gasteiger partial charge on any atom is -0.462 e. The van der Waals surface area contributed by atoms with E-state index in [0.717, 1.165) is 64.2 Å². The monoisotopic (exact) mass is 816 g/mol. The maximum atomic E-state index is 12.6. The maximum absolute atomic E-state index is 12.6. The van der Waals surface area contributed by atoms with Crippen LogP contribution in [0, 0.1) is 0 Å². The van der Waals surface area contributed by atoms with Crippen LogP contribution in [0.1, 0.15) is 155 Å². The highest BCUT2D eigenvalue weighted by atomic mass is 31.2. The molecule has 0 rings (SSSR count). The number of unbranched alkanes of at least 4 members (excludes halogenated alkanes) is 10. The number of phosphoric ester groups is 1. The lowest BCUT2D eigenvalue weighted by molar-refractivity contribution is -0.161. The predicted molar refractivity (Wildman–Crippen MR) is 238 cm³/mol. The zero-order chi connectivity index (χ0) is 41.8. The molecule has 1 unspecified atom stereocenters. The number of carbonyl (C=O) groups is 2. The van der Waals surface area contributed by atoms with Gasteiger partial charge in [0.1, 0.15) is 6.61 Å². The van der Waals surface area contributed by atoms with Gasteiger partial charge in [-0.05, 0) is 96.3 Å². The molecular weight excluding hydrogens is 737 g/mol. The van der Waals surface area contributed by atoms with Crippen molar-refractivity contribution in [1.82, 2.24) is 0 Å². The molecule has 0 bridgehead atoms. The Bertz CT molecular complexity index is 1250. The van der Waals surface area contributed by atoms with Gasteiger partial charge in [-0.25, -0.2) is 4.57 Å². The van der Waals surface area contributed by atoms with Crippen molar-refractivity contribution in [3.63, 3.8) is 0 Å². The first-order valence-corrected chi connectivity index (χ1v) is 23.2. The summed E-state index contributed by atoms with van der Waals surface area (Å²) in [6, 6.07) is 0. The van der Waals surface area contributed by atoms with E-state index in [4.69, 9.17) is 24.3 Å². The average molecular weight is 816 g/mol.